The van der Waals surface area contributed by atoms with Gasteiger partial charge in [0.15, 0.2) is 5.78 Å². The van der Waals surface area contributed by atoms with Gasteiger partial charge in [-0.3, -0.25) is 4.79 Å². The molecule has 4 aliphatic carbocycles. The molecule has 134 valence electrons. The van der Waals surface area contributed by atoms with Gasteiger partial charge in [0.05, 0.1) is 0 Å². The second-order valence-electron chi connectivity index (χ2n) is 9.50. The normalized spacial score (nSPS) is 51.0. The predicted molar refractivity (Wildman–Crippen MR) is 94.6 cm³/mol. The smallest absolute Gasteiger partial charge is 0.331 e. The highest BCUT2D eigenvalue weighted by Crippen LogP contribution is 2.67. The van der Waals surface area contributed by atoms with Crippen molar-refractivity contribution in [2.75, 3.05) is 0 Å². The van der Waals surface area contributed by atoms with Crippen LogP contribution in [0.2, 0.25) is 0 Å². The molecule has 1 spiro atoms. The molecule has 0 N–H and O–H groups in total. The summed E-state index contributed by atoms with van der Waals surface area (Å²) in [6, 6.07) is 0. The predicted octanol–water partition coefficient (Wildman–Crippen LogP) is 4.23. The van der Waals surface area contributed by atoms with Crippen LogP contribution in [0.5, 0.6) is 0 Å². The Morgan fingerprint density at radius 3 is 2.76 bits per heavy atom. The zero-order valence-electron chi connectivity index (χ0n) is 15.3. The van der Waals surface area contributed by atoms with Gasteiger partial charge in [0.1, 0.15) is 5.60 Å². The Hall–Kier alpha value is -1.38. The summed E-state index contributed by atoms with van der Waals surface area (Å²) in [6.45, 7) is 4.77. The highest BCUT2D eigenvalue weighted by atomic mass is 16.6. The summed E-state index contributed by atoms with van der Waals surface area (Å²) in [7, 11) is 0. The minimum atomic E-state index is -0.349. The highest BCUT2D eigenvalue weighted by Gasteiger charge is 2.65. The van der Waals surface area contributed by atoms with E-state index < -0.39 is 0 Å². The average molecular weight is 340 g/mol. The van der Waals surface area contributed by atoms with Crippen LogP contribution in [0.25, 0.3) is 0 Å². The zero-order chi connectivity index (χ0) is 17.4. The molecule has 5 rings (SSSR count). The first kappa shape index (κ1) is 15.8. The Labute approximate surface area is 149 Å². The minimum Gasteiger partial charge on any atom is -0.451 e. The van der Waals surface area contributed by atoms with Crippen LogP contribution in [-0.4, -0.2) is 17.4 Å². The first-order valence-electron chi connectivity index (χ1n) is 10.1. The summed E-state index contributed by atoms with van der Waals surface area (Å²) in [5, 5.41) is 0. The molecule has 5 aliphatic rings. The molecule has 0 aromatic heterocycles. The van der Waals surface area contributed by atoms with E-state index in [1.807, 2.05) is 6.08 Å². The molecule has 1 aliphatic heterocycles. The fourth-order valence-electron chi connectivity index (χ4n) is 7.52. The molecule has 25 heavy (non-hydrogen) atoms. The Bertz CT molecular complexity index is 704. The number of fused-ring (bicyclic) bond motifs is 6. The summed E-state index contributed by atoms with van der Waals surface area (Å²) < 4.78 is 5.91. The number of allylic oxidation sites excluding steroid dienone is 1. The molecule has 1 heterocycles. The summed E-state index contributed by atoms with van der Waals surface area (Å²) >= 11 is 0. The largest absolute Gasteiger partial charge is 0.451 e. The van der Waals surface area contributed by atoms with Crippen molar-refractivity contribution in [1.29, 1.82) is 0 Å². The lowest BCUT2D eigenvalue weighted by Gasteiger charge is -2.57. The van der Waals surface area contributed by atoms with E-state index in [-0.39, 0.29) is 17.0 Å². The van der Waals surface area contributed by atoms with E-state index in [0.29, 0.717) is 29.5 Å². The van der Waals surface area contributed by atoms with Crippen molar-refractivity contribution < 1.29 is 14.3 Å². The first-order valence-corrected chi connectivity index (χ1v) is 10.1. The Morgan fingerprint density at radius 2 is 2.00 bits per heavy atom. The quantitative estimate of drug-likeness (QED) is 0.620. The first-order chi connectivity index (χ1) is 11.9. The Morgan fingerprint density at radius 1 is 1.16 bits per heavy atom. The van der Waals surface area contributed by atoms with E-state index >= 15 is 0 Å². The van der Waals surface area contributed by atoms with Crippen LogP contribution in [0.1, 0.15) is 58.8 Å². The van der Waals surface area contributed by atoms with Gasteiger partial charge in [-0.25, -0.2) is 4.79 Å². The van der Waals surface area contributed by atoms with Crippen molar-refractivity contribution in [2.45, 2.75) is 64.4 Å². The SMILES string of the molecule is C[C@H]1CC2=CC(=O)CC[C@@H]2C2CC[C@@]3(C)C(CC[C@@]34C=CC(=O)O4)C21. The molecule has 0 aromatic rings. The maximum Gasteiger partial charge on any atom is 0.331 e. The zero-order valence-corrected chi connectivity index (χ0v) is 15.3. The number of hydrogen-bond donors (Lipinski definition) is 0. The number of esters is 1. The van der Waals surface area contributed by atoms with Crippen molar-refractivity contribution in [3.05, 3.63) is 23.8 Å². The molecule has 7 atom stereocenters. The second-order valence-corrected chi connectivity index (χ2v) is 9.50. The number of ketones is 1. The lowest BCUT2D eigenvalue weighted by molar-refractivity contribution is -0.162. The number of hydrogen-bond acceptors (Lipinski definition) is 3. The van der Waals surface area contributed by atoms with Gasteiger partial charge in [-0.15, -0.1) is 0 Å². The third kappa shape index (κ3) is 1.98. The number of ether oxygens (including phenoxy) is 1. The van der Waals surface area contributed by atoms with E-state index in [4.69, 9.17) is 4.74 Å². The van der Waals surface area contributed by atoms with Gasteiger partial charge in [-0.05, 0) is 80.3 Å². The summed E-state index contributed by atoms with van der Waals surface area (Å²) in [5.74, 6) is 3.49. The molecular weight excluding hydrogens is 312 g/mol. The van der Waals surface area contributed by atoms with Gasteiger partial charge in [0, 0.05) is 17.9 Å². The third-order valence-electron chi connectivity index (χ3n) is 8.60. The van der Waals surface area contributed by atoms with E-state index in [1.165, 1.54) is 18.4 Å². The lowest BCUT2D eigenvalue weighted by Crippen LogP contribution is -2.54. The molecule has 0 aromatic carbocycles. The standard InChI is InChI=1S/C22H28O3/c1-13-11-14-12-15(23)3-4-16(14)17-5-8-21(2)18(20(13)17)6-9-22(21)10-7-19(24)25-22/h7,10,12-13,16-18,20H,3-6,8-9,11H2,1-2H3/t13-,16-,17?,18?,20?,21-,22+/m0/s1. The van der Waals surface area contributed by atoms with Crippen LogP contribution in [0.4, 0.5) is 0 Å². The van der Waals surface area contributed by atoms with E-state index in [0.717, 1.165) is 38.0 Å². The van der Waals surface area contributed by atoms with Crippen LogP contribution in [0.15, 0.2) is 23.8 Å². The molecule has 3 saturated carbocycles. The molecule has 3 nitrogen and oxygen atoms in total. The summed E-state index contributed by atoms with van der Waals surface area (Å²) in [6.07, 6.45) is 13.1. The molecule has 3 fully saturated rings. The molecule has 0 bridgehead atoms. The Balaban J connectivity index is 1.50. The van der Waals surface area contributed by atoms with Crippen molar-refractivity contribution in [1.82, 2.24) is 0 Å². The third-order valence-corrected chi connectivity index (χ3v) is 8.60. The number of carbonyl (C=O) groups excluding carboxylic acids is 2. The van der Waals surface area contributed by atoms with Gasteiger partial charge >= 0.3 is 5.97 Å². The number of rotatable bonds is 0. The maximum atomic E-state index is 11.9. The maximum absolute atomic E-state index is 11.9. The van der Waals surface area contributed by atoms with Crippen LogP contribution in [0.3, 0.4) is 0 Å². The average Bonchev–Trinajstić information content (AvgIpc) is 3.09. The van der Waals surface area contributed by atoms with E-state index in [2.05, 4.69) is 19.9 Å². The van der Waals surface area contributed by atoms with Gasteiger partial charge < -0.3 is 4.74 Å². The van der Waals surface area contributed by atoms with Crippen molar-refractivity contribution >= 4 is 11.8 Å². The second kappa shape index (κ2) is 5.08. The van der Waals surface area contributed by atoms with Crippen LogP contribution < -0.4 is 0 Å². The Kier molecular flexibility index (Phi) is 3.22. The van der Waals surface area contributed by atoms with Crippen LogP contribution in [0, 0.1) is 35.0 Å². The van der Waals surface area contributed by atoms with Gasteiger partial charge in [-0.1, -0.05) is 19.4 Å². The van der Waals surface area contributed by atoms with E-state index in [9.17, 15) is 9.59 Å². The van der Waals surface area contributed by atoms with Crippen molar-refractivity contribution in [3.8, 4) is 0 Å². The number of carbonyl (C=O) groups is 2. The fourth-order valence-corrected chi connectivity index (χ4v) is 7.52. The highest BCUT2D eigenvalue weighted by molar-refractivity contribution is 5.91. The molecule has 0 saturated heterocycles. The molecule has 0 amide bonds. The van der Waals surface area contributed by atoms with Crippen LogP contribution >= 0.6 is 0 Å². The summed E-state index contributed by atoms with van der Waals surface area (Å²) in [5.41, 5.74) is 1.17. The van der Waals surface area contributed by atoms with Gasteiger partial charge in [0.2, 0.25) is 0 Å². The topological polar surface area (TPSA) is 43.4 Å². The minimum absolute atomic E-state index is 0.0801. The van der Waals surface area contributed by atoms with Gasteiger partial charge in [-0.2, -0.15) is 0 Å². The van der Waals surface area contributed by atoms with Crippen molar-refractivity contribution in [3.63, 3.8) is 0 Å². The monoisotopic (exact) mass is 340 g/mol. The molecule has 3 unspecified atom stereocenters. The lowest BCUT2D eigenvalue weighted by atomic mass is 9.48. The fraction of sp³-hybridized carbons (Fsp3) is 0.727. The van der Waals surface area contributed by atoms with E-state index in [1.54, 1.807) is 6.08 Å². The van der Waals surface area contributed by atoms with Crippen molar-refractivity contribution in [2.24, 2.45) is 35.0 Å². The molecular formula is C22H28O3. The van der Waals surface area contributed by atoms with Gasteiger partial charge in [0.25, 0.3) is 0 Å². The van der Waals surface area contributed by atoms with Crippen LogP contribution in [-0.2, 0) is 14.3 Å². The molecule has 3 heteroatoms. The summed E-state index contributed by atoms with van der Waals surface area (Å²) in [4.78, 5) is 23.7. The molecule has 0 radical (unpaired) electrons.